The van der Waals surface area contributed by atoms with Crippen LogP contribution < -0.4 is 0 Å². The van der Waals surface area contributed by atoms with Crippen molar-refractivity contribution in [1.29, 1.82) is 0 Å². The van der Waals surface area contributed by atoms with Crippen molar-refractivity contribution in [2.24, 2.45) is 0 Å². The van der Waals surface area contributed by atoms with E-state index in [4.69, 9.17) is 0 Å². The van der Waals surface area contributed by atoms with E-state index in [0.717, 1.165) is 6.07 Å². The maximum atomic E-state index is 12.9. The number of carbonyl (C=O) groups excluding carboxylic acids is 1. The van der Waals surface area contributed by atoms with Crippen molar-refractivity contribution in [3.63, 3.8) is 0 Å². The monoisotopic (exact) mass is 265 g/mol. The van der Waals surface area contributed by atoms with Crippen LogP contribution in [-0.2, 0) is 6.18 Å². The van der Waals surface area contributed by atoms with Crippen molar-refractivity contribution in [2.75, 3.05) is 0 Å². The van der Waals surface area contributed by atoms with Crippen molar-refractivity contribution in [3.05, 3.63) is 65.0 Å². The van der Waals surface area contributed by atoms with E-state index in [1.807, 2.05) is 0 Å². The Hall–Kier alpha value is -2.17. The Morgan fingerprint density at radius 3 is 2.32 bits per heavy atom. The zero-order chi connectivity index (χ0) is 14.0. The van der Waals surface area contributed by atoms with Gasteiger partial charge >= 0.3 is 6.18 Å². The molecular weight excluding hydrogens is 255 g/mol. The van der Waals surface area contributed by atoms with E-state index < -0.39 is 17.5 Å². The number of hydrogen-bond donors (Lipinski definition) is 0. The average molecular weight is 265 g/mol. The molecule has 2 aromatic rings. The van der Waals surface area contributed by atoms with Gasteiger partial charge in [-0.2, -0.15) is 13.2 Å². The molecule has 0 unspecified atom stereocenters. The van der Waals surface area contributed by atoms with Crippen molar-refractivity contribution in [3.8, 4) is 0 Å². The van der Waals surface area contributed by atoms with Crippen LogP contribution >= 0.6 is 0 Å². The fourth-order valence-electron chi connectivity index (χ4n) is 1.75. The van der Waals surface area contributed by atoms with Crippen LogP contribution in [0, 0.1) is 6.92 Å². The number of benzene rings is 1. The number of rotatable bonds is 2. The highest BCUT2D eigenvalue weighted by Gasteiger charge is 2.35. The van der Waals surface area contributed by atoms with E-state index in [0.29, 0.717) is 5.56 Å². The summed E-state index contributed by atoms with van der Waals surface area (Å²) in [6.07, 6.45) is -1.81. The molecule has 98 valence electrons. The summed E-state index contributed by atoms with van der Waals surface area (Å²) < 4.78 is 38.7. The highest BCUT2D eigenvalue weighted by molar-refractivity contribution is 6.10. The second-order valence-corrected chi connectivity index (χ2v) is 4.11. The number of pyridine rings is 1. The summed E-state index contributed by atoms with van der Waals surface area (Å²) in [4.78, 5) is 15.9. The Morgan fingerprint density at radius 1 is 1.11 bits per heavy atom. The number of nitrogens with zero attached hydrogens (tertiary/aromatic N) is 1. The van der Waals surface area contributed by atoms with Gasteiger partial charge in [0.2, 0.25) is 0 Å². The van der Waals surface area contributed by atoms with E-state index >= 15 is 0 Å². The normalized spacial score (nSPS) is 11.4. The van der Waals surface area contributed by atoms with E-state index in [-0.39, 0.29) is 11.1 Å². The third-order valence-electron chi connectivity index (χ3n) is 2.67. The Labute approximate surface area is 107 Å². The van der Waals surface area contributed by atoms with Gasteiger partial charge in [0.15, 0.2) is 5.78 Å². The molecule has 0 aliphatic carbocycles. The van der Waals surface area contributed by atoms with Gasteiger partial charge in [-0.25, -0.2) is 0 Å². The first-order valence-electron chi connectivity index (χ1n) is 5.52. The minimum Gasteiger partial charge on any atom is -0.289 e. The Morgan fingerprint density at radius 2 is 1.74 bits per heavy atom. The third-order valence-corrected chi connectivity index (χ3v) is 2.67. The molecule has 0 aliphatic heterocycles. The van der Waals surface area contributed by atoms with Gasteiger partial charge in [-0.15, -0.1) is 0 Å². The van der Waals surface area contributed by atoms with Gasteiger partial charge in [-0.05, 0) is 31.2 Å². The average Bonchev–Trinajstić information content (AvgIpc) is 2.37. The molecule has 0 spiro atoms. The summed E-state index contributed by atoms with van der Waals surface area (Å²) >= 11 is 0. The van der Waals surface area contributed by atoms with Crippen molar-refractivity contribution in [2.45, 2.75) is 13.1 Å². The minimum atomic E-state index is -4.55. The van der Waals surface area contributed by atoms with Crippen LogP contribution in [0.1, 0.15) is 27.0 Å². The fraction of sp³-hybridized carbons (Fsp3) is 0.143. The maximum absolute atomic E-state index is 12.9. The van der Waals surface area contributed by atoms with E-state index in [1.165, 1.54) is 36.7 Å². The second-order valence-electron chi connectivity index (χ2n) is 4.11. The molecule has 2 rings (SSSR count). The molecule has 19 heavy (non-hydrogen) atoms. The summed E-state index contributed by atoms with van der Waals surface area (Å²) in [6, 6.07) is 6.32. The fourth-order valence-corrected chi connectivity index (χ4v) is 1.75. The molecule has 0 saturated carbocycles. The first-order valence-corrected chi connectivity index (χ1v) is 5.52. The summed E-state index contributed by atoms with van der Waals surface area (Å²) in [7, 11) is 0. The van der Waals surface area contributed by atoms with Crippen LogP contribution in [0.25, 0.3) is 0 Å². The molecule has 0 bridgehead atoms. The summed E-state index contributed by atoms with van der Waals surface area (Å²) in [6.45, 7) is 1.64. The molecule has 0 atom stereocenters. The van der Waals surface area contributed by atoms with E-state index in [9.17, 15) is 18.0 Å². The van der Waals surface area contributed by atoms with Gasteiger partial charge in [0, 0.05) is 23.5 Å². The Kier molecular flexibility index (Phi) is 3.38. The highest BCUT2D eigenvalue weighted by Crippen LogP contribution is 2.33. The van der Waals surface area contributed by atoms with E-state index in [1.54, 1.807) is 6.92 Å². The minimum absolute atomic E-state index is 0.186. The number of hydrogen-bond acceptors (Lipinski definition) is 2. The highest BCUT2D eigenvalue weighted by atomic mass is 19.4. The van der Waals surface area contributed by atoms with Gasteiger partial charge in [-0.3, -0.25) is 9.78 Å². The summed E-state index contributed by atoms with van der Waals surface area (Å²) in [5.41, 5.74) is -0.463. The molecule has 0 amide bonds. The van der Waals surface area contributed by atoms with Crippen LogP contribution in [0.5, 0.6) is 0 Å². The van der Waals surface area contributed by atoms with Crippen LogP contribution in [0.2, 0.25) is 0 Å². The molecule has 0 N–H and O–H groups in total. The predicted octanol–water partition coefficient (Wildman–Crippen LogP) is 3.64. The lowest BCUT2D eigenvalue weighted by Crippen LogP contribution is -2.14. The number of aromatic nitrogens is 1. The van der Waals surface area contributed by atoms with Gasteiger partial charge in [0.1, 0.15) is 0 Å². The smallest absolute Gasteiger partial charge is 0.289 e. The first kappa shape index (κ1) is 13.3. The molecule has 0 aliphatic rings. The lowest BCUT2D eigenvalue weighted by atomic mass is 9.97. The second kappa shape index (κ2) is 4.84. The van der Waals surface area contributed by atoms with Gasteiger partial charge < -0.3 is 0 Å². The first-order chi connectivity index (χ1) is 8.89. The number of carbonyl (C=O) groups is 1. The van der Waals surface area contributed by atoms with Gasteiger partial charge in [0.25, 0.3) is 0 Å². The topological polar surface area (TPSA) is 30.0 Å². The molecule has 1 aromatic heterocycles. The van der Waals surface area contributed by atoms with E-state index in [2.05, 4.69) is 4.98 Å². The number of ketones is 1. The van der Waals surface area contributed by atoms with Crippen molar-refractivity contribution in [1.82, 2.24) is 4.98 Å². The lowest BCUT2D eigenvalue weighted by molar-refractivity contribution is -0.137. The maximum Gasteiger partial charge on any atom is 0.417 e. The Bertz CT molecular complexity index is 606. The van der Waals surface area contributed by atoms with Crippen LogP contribution in [0.15, 0.2) is 42.7 Å². The molecule has 1 aromatic carbocycles. The van der Waals surface area contributed by atoms with Crippen LogP contribution in [-0.4, -0.2) is 10.8 Å². The zero-order valence-electron chi connectivity index (χ0n) is 10.0. The molecule has 0 fully saturated rings. The molecule has 0 radical (unpaired) electrons. The van der Waals surface area contributed by atoms with Crippen LogP contribution in [0.4, 0.5) is 13.2 Å². The van der Waals surface area contributed by atoms with Crippen molar-refractivity contribution >= 4 is 5.78 Å². The largest absolute Gasteiger partial charge is 0.417 e. The zero-order valence-corrected chi connectivity index (χ0v) is 10.0. The van der Waals surface area contributed by atoms with Crippen LogP contribution in [0.3, 0.4) is 0 Å². The molecule has 2 nitrogen and oxygen atoms in total. The third kappa shape index (κ3) is 2.81. The van der Waals surface area contributed by atoms with Gasteiger partial charge in [0.05, 0.1) is 5.56 Å². The molecule has 1 heterocycles. The number of halogens is 3. The van der Waals surface area contributed by atoms with Crippen molar-refractivity contribution < 1.29 is 18.0 Å². The molecule has 0 saturated heterocycles. The summed E-state index contributed by atoms with van der Waals surface area (Å²) in [5.74, 6) is -0.654. The number of alkyl halides is 3. The standard InChI is InChI=1S/C14H10F3NO/c1-9-2-3-12(14(15,16)17)11(8-9)13(19)10-4-6-18-7-5-10/h2-8H,1H3. The Balaban J connectivity index is 2.56. The molecule has 5 heteroatoms. The number of aryl methyl sites for hydroxylation is 1. The summed E-state index contributed by atoms with van der Waals surface area (Å²) in [5, 5.41) is 0. The van der Waals surface area contributed by atoms with Gasteiger partial charge in [-0.1, -0.05) is 11.6 Å². The quantitative estimate of drug-likeness (QED) is 0.776. The predicted molar refractivity (Wildman–Crippen MR) is 63.9 cm³/mol. The lowest BCUT2D eigenvalue weighted by Gasteiger charge is -2.12. The molecular formula is C14H10F3NO. The SMILES string of the molecule is Cc1ccc(C(F)(F)F)c(C(=O)c2ccncc2)c1.